The van der Waals surface area contributed by atoms with E-state index in [1.807, 2.05) is 24.3 Å². The van der Waals surface area contributed by atoms with Gasteiger partial charge in [0.25, 0.3) is 0 Å². The van der Waals surface area contributed by atoms with E-state index in [0.717, 1.165) is 23.7 Å². The van der Waals surface area contributed by atoms with Crippen LogP contribution in [0.1, 0.15) is 12.8 Å². The van der Waals surface area contributed by atoms with Crippen LogP contribution in [-0.4, -0.2) is 26.2 Å². The van der Waals surface area contributed by atoms with Gasteiger partial charge in [-0.05, 0) is 61.4 Å². The van der Waals surface area contributed by atoms with Crippen LogP contribution in [0.3, 0.4) is 0 Å². The molecule has 0 atom stereocenters. The Morgan fingerprint density at radius 1 is 0.821 bits per heavy atom. The predicted octanol–water partition coefficient (Wildman–Crippen LogP) is 5.75. The van der Waals surface area contributed by atoms with Crippen molar-refractivity contribution in [3.05, 3.63) is 84.9 Å². The summed E-state index contributed by atoms with van der Waals surface area (Å²) in [6.45, 7) is 2.27. The van der Waals surface area contributed by atoms with Crippen LogP contribution in [0.4, 0.5) is 11.4 Å². The highest BCUT2D eigenvalue weighted by molar-refractivity contribution is 7.80. The van der Waals surface area contributed by atoms with Crippen molar-refractivity contribution in [1.82, 2.24) is 0 Å². The fourth-order valence-electron chi connectivity index (χ4n) is 3.27. The number of para-hydroxylation sites is 2. The molecule has 28 heavy (non-hydrogen) atoms. The lowest BCUT2D eigenvalue weighted by molar-refractivity contribution is 0.414. The maximum Gasteiger partial charge on any atom is 0.118 e. The Hall–Kier alpha value is -2.59. The minimum atomic E-state index is 0.599. The van der Waals surface area contributed by atoms with E-state index in [1.165, 1.54) is 24.2 Å². The standard InChI is InChI=1S/C17H20N2.C7H8OS/c1-3-7-15(8-4-1)18-16-11-13-19(14-12-16)17-9-5-2-6-10-17;1-8-6-2-4-7(9)5-3-6/h1-10,16,18H,11-14H2;2-5,9H,1H3. The number of nitrogens with one attached hydrogen (secondary N) is 1. The minimum Gasteiger partial charge on any atom is -0.497 e. The van der Waals surface area contributed by atoms with Crippen molar-refractivity contribution in [1.29, 1.82) is 0 Å². The van der Waals surface area contributed by atoms with Gasteiger partial charge in [0.2, 0.25) is 0 Å². The second-order valence-corrected chi connectivity index (χ2v) is 7.32. The summed E-state index contributed by atoms with van der Waals surface area (Å²) in [5.41, 5.74) is 2.58. The van der Waals surface area contributed by atoms with Gasteiger partial charge >= 0.3 is 0 Å². The van der Waals surface area contributed by atoms with Crippen molar-refractivity contribution in [3.8, 4) is 5.75 Å². The molecule has 4 heteroatoms. The molecule has 1 aliphatic heterocycles. The van der Waals surface area contributed by atoms with Gasteiger partial charge in [0.15, 0.2) is 0 Å². The second-order valence-electron chi connectivity index (χ2n) is 6.81. The van der Waals surface area contributed by atoms with E-state index >= 15 is 0 Å². The van der Waals surface area contributed by atoms with Crippen molar-refractivity contribution in [2.24, 2.45) is 0 Å². The highest BCUT2D eigenvalue weighted by atomic mass is 32.1. The van der Waals surface area contributed by atoms with Crippen LogP contribution in [0, 0.1) is 0 Å². The molecular weight excluding hydrogens is 364 g/mol. The minimum absolute atomic E-state index is 0.599. The van der Waals surface area contributed by atoms with E-state index in [0.29, 0.717) is 6.04 Å². The molecule has 0 amide bonds. The molecule has 1 heterocycles. The van der Waals surface area contributed by atoms with Crippen LogP contribution in [0.5, 0.6) is 5.75 Å². The summed E-state index contributed by atoms with van der Waals surface area (Å²) in [7, 11) is 1.65. The summed E-state index contributed by atoms with van der Waals surface area (Å²) in [6, 6.07) is 29.4. The second kappa shape index (κ2) is 10.7. The van der Waals surface area contributed by atoms with Gasteiger partial charge in [-0.25, -0.2) is 0 Å². The molecule has 0 aromatic heterocycles. The van der Waals surface area contributed by atoms with Crippen LogP contribution in [-0.2, 0) is 0 Å². The third kappa shape index (κ3) is 6.24. The van der Waals surface area contributed by atoms with Crippen molar-refractivity contribution >= 4 is 24.0 Å². The first-order valence-corrected chi connectivity index (χ1v) is 10.1. The van der Waals surface area contributed by atoms with Crippen molar-refractivity contribution in [2.45, 2.75) is 23.8 Å². The maximum atomic E-state index is 4.94. The predicted molar refractivity (Wildman–Crippen MR) is 122 cm³/mol. The molecule has 0 unspecified atom stereocenters. The molecule has 1 N–H and O–H groups in total. The average molecular weight is 393 g/mol. The summed E-state index contributed by atoms with van der Waals surface area (Å²) in [5, 5.41) is 3.63. The zero-order valence-electron chi connectivity index (χ0n) is 16.3. The molecule has 0 radical (unpaired) electrons. The number of piperidine rings is 1. The highest BCUT2D eigenvalue weighted by Gasteiger charge is 2.18. The Morgan fingerprint density at radius 3 is 1.96 bits per heavy atom. The zero-order chi connectivity index (χ0) is 19.6. The first-order chi connectivity index (χ1) is 13.7. The lowest BCUT2D eigenvalue weighted by Gasteiger charge is -2.34. The summed E-state index contributed by atoms with van der Waals surface area (Å²) >= 11 is 4.11. The average Bonchev–Trinajstić information content (AvgIpc) is 2.77. The third-order valence-corrected chi connectivity index (χ3v) is 5.13. The van der Waals surface area contributed by atoms with E-state index in [1.54, 1.807) is 7.11 Å². The smallest absolute Gasteiger partial charge is 0.118 e. The van der Waals surface area contributed by atoms with Crippen LogP contribution >= 0.6 is 12.6 Å². The van der Waals surface area contributed by atoms with Gasteiger partial charge in [0.05, 0.1) is 7.11 Å². The van der Waals surface area contributed by atoms with Crippen LogP contribution in [0.15, 0.2) is 89.8 Å². The first kappa shape index (κ1) is 20.2. The molecule has 4 rings (SSSR count). The first-order valence-electron chi connectivity index (χ1n) is 9.69. The molecule has 1 saturated heterocycles. The normalized spacial score (nSPS) is 14.0. The molecule has 146 valence electrons. The van der Waals surface area contributed by atoms with E-state index in [4.69, 9.17) is 4.74 Å². The Bertz CT molecular complexity index is 801. The molecule has 0 aliphatic carbocycles. The Kier molecular flexibility index (Phi) is 7.68. The summed E-state index contributed by atoms with van der Waals surface area (Å²) < 4.78 is 4.94. The van der Waals surface area contributed by atoms with Crippen molar-refractivity contribution in [3.63, 3.8) is 0 Å². The van der Waals surface area contributed by atoms with Gasteiger partial charge in [-0.15, -0.1) is 12.6 Å². The van der Waals surface area contributed by atoms with Crippen LogP contribution in [0.2, 0.25) is 0 Å². The van der Waals surface area contributed by atoms with Gasteiger partial charge in [0.1, 0.15) is 5.75 Å². The molecule has 0 saturated carbocycles. The van der Waals surface area contributed by atoms with Crippen LogP contribution in [0.25, 0.3) is 0 Å². The molecule has 3 aromatic carbocycles. The van der Waals surface area contributed by atoms with Gasteiger partial charge in [-0.1, -0.05) is 36.4 Å². The molecule has 1 fully saturated rings. The lowest BCUT2D eigenvalue weighted by atomic mass is 10.0. The van der Waals surface area contributed by atoms with Gasteiger partial charge in [0, 0.05) is 35.4 Å². The number of methoxy groups -OCH3 is 1. The molecule has 0 spiro atoms. The number of rotatable bonds is 4. The molecule has 1 aliphatic rings. The Morgan fingerprint density at radius 2 is 1.39 bits per heavy atom. The van der Waals surface area contributed by atoms with Gasteiger partial charge in [-0.2, -0.15) is 0 Å². The summed E-state index contributed by atoms with van der Waals surface area (Å²) in [5.74, 6) is 0.868. The number of benzene rings is 3. The van der Waals surface area contributed by atoms with E-state index in [2.05, 4.69) is 83.5 Å². The highest BCUT2D eigenvalue weighted by Crippen LogP contribution is 2.21. The Labute approximate surface area is 173 Å². The van der Waals surface area contributed by atoms with Gasteiger partial charge in [-0.3, -0.25) is 0 Å². The molecule has 3 aromatic rings. The van der Waals surface area contributed by atoms with Crippen LogP contribution < -0.4 is 15.0 Å². The summed E-state index contributed by atoms with van der Waals surface area (Å²) in [4.78, 5) is 3.43. The monoisotopic (exact) mass is 392 g/mol. The SMILES string of the molecule is COc1ccc(S)cc1.c1ccc(NC2CCN(c3ccccc3)CC2)cc1. The lowest BCUT2D eigenvalue weighted by Crippen LogP contribution is -2.39. The third-order valence-electron chi connectivity index (χ3n) is 4.83. The molecule has 3 nitrogen and oxygen atoms in total. The molecule has 0 bridgehead atoms. The fourth-order valence-corrected chi connectivity index (χ4v) is 3.42. The van der Waals surface area contributed by atoms with E-state index < -0.39 is 0 Å². The largest absolute Gasteiger partial charge is 0.497 e. The number of hydrogen-bond acceptors (Lipinski definition) is 4. The van der Waals surface area contributed by atoms with Gasteiger partial charge < -0.3 is 15.0 Å². The number of hydrogen-bond donors (Lipinski definition) is 2. The molecular formula is C24H28N2OS. The van der Waals surface area contributed by atoms with Crippen molar-refractivity contribution in [2.75, 3.05) is 30.4 Å². The van der Waals surface area contributed by atoms with Crippen molar-refractivity contribution < 1.29 is 4.74 Å². The fraction of sp³-hybridized carbons (Fsp3) is 0.250. The zero-order valence-corrected chi connectivity index (χ0v) is 17.2. The number of anilines is 2. The van der Waals surface area contributed by atoms with E-state index in [9.17, 15) is 0 Å². The van der Waals surface area contributed by atoms with E-state index in [-0.39, 0.29) is 0 Å². The maximum absolute atomic E-state index is 4.94. The number of nitrogens with zero attached hydrogens (tertiary/aromatic N) is 1. The quantitative estimate of drug-likeness (QED) is 0.553. The number of ether oxygens (including phenoxy) is 1. The summed E-state index contributed by atoms with van der Waals surface area (Å²) in [6.07, 6.45) is 2.40. The number of thiol groups is 1. The topological polar surface area (TPSA) is 24.5 Å². The Balaban J connectivity index is 0.000000211.